The van der Waals surface area contributed by atoms with Crippen molar-refractivity contribution in [3.63, 3.8) is 0 Å². The third kappa shape index (κ3) is 2.83. The van der Waals surface area contributed by atoms with Crippen molar-refractivity contribution in [1.82, 2.24) is 0 Å². The Bertz CT molecular complexity index is 334. The van der Waals surface area contributed by atoms with Crippen molar-refractivity contribution in [3.8, 4) is 0 Å². The maximum atomic E-state index is 6.00. The highest BCUT2D eigenvalue weighted by Gasteiger charge is 2.01. The molecular weight excluding hydrogens is 249 g/mol. The van der Waals surface area contributed by atoms with Crippen molar-refractivity contribution in [2.24, 2.45) is 5.73 Å². The van der Waals surface area contributed by atoms with Gasteiger partial charge in [0.15, 0.2) is 0 Å². The summed E-state index contributed by atoms with van der Waals surface area (Å²) in [6.45, 7) is 2.54. The van der Waals surface area contributed by atoms with E-state index in [0.29, 0.717) is 6.54 Å². The second kappa shape index (κ2) is 4.80. The molecular formula is C10H11BrClN. The Kier molecular flexibility index (Phi) is 3.97. The topological polar surface area (TPSA) is 26.0 Å². The molecule has 0 unspecified atom stereocenters. The summed E-state index contributed by atoms with van der Waals surface area (Å²) < 4.78 is 0.986. The van der Waals surface area contributed by atoms with Gasteiger partial charge in [-0.3, -0.25) is 0 Å². The van der Waals surface area contributed by atoms with Crippen LogP contribution in [0.3, 0.4) is 0 Å². The number of rotatable bonds is 2. The molecule has 1 nitrogen and oxygen atoms in total. The molecule has 0 atom stereocenters. The van der Waals surface area contributed by atoms with E-state index in [4.69, 9.17) is 17.3 Å². The number of benzene rings is 1. The van der Waals surface area contributed by atoms with Crippen molar-refractivity contribution < 1.29 is 0 Å². The van der Waals surface area contributed by atoms with Crippen LogP contribution in [-0.2, 0) is 0 Å². The van der Waals surface area contributed by atoms with Crippen LogP contribution in [0.5, 0.6) is 0 Å². The normalized spacial score (nSPS) is 11.1. The predicted molar refractivity (Wildman–Crippen MR) is 62.0 cm³/mol. The van der Waals surface area contributed by atoms with E-state index in [-0.39, 0.29) is 0 Å². The largest absolute Gasteiger partial charge is 0.327 e. The van der Waals surface area contributed by atoms with Crippen LogP contribution in [0, 0.1) is 6.92 Å². The molecule has 0 fully saturated rings. The minimum absolute atomic E-state index is 0.545. The molecule has 0 amide bonds. The van der Waals surface area contributed by atoms with Crippen LogP contribution >= 0.6 is 27.5 Å². The summed E-state index contributed by atoms with van der Waals surface area (Å²) in [7, 11) is 0. The average molecular weight is 261 g/mol. The lowest BCUT2D eigenvalue weighted by Crippen LogP contribution is -1.92. The summed E-state index contributed by atoms with van der Waals surface area (Å²) >= 11 is 9.39. The van der Waals surface area contributed by atoms with Crippen LogP contribution in [0.25, 0.3) is 6.08 Å². The smallest absolute Gasteiger partial charge is 0.0452 e. The van der Waals surface area contributed by atoms with E-state index >= 15 is 0 Å². The SMILES string of the molecule is Cc1c(Cl)cc(Br)cc1/C=C/CN. The van der Waals surface area contributed by atoms with Crippen LogP contribution in [0.15, 0.2) is 22.7 Å². The highest BCUT2D eigenvalue weighted by atomic mass is 79.9. The van der Waals surface area contributed by atoms with E-state index in [0.717, 1.165) is 20.6 Å². The molecule has 0 spiro atoms. The van der Waals surface area contributed by atoms with E-state index < -0.39 is 0 Å². The first-order chi connectivity index (χ1) is 6.15. The number of halogens is 2. The van der Waals surface area contributed by atoms with E-state index in [2.05, 4.69) is 15.9 Å². The number of hydrogen-bond donors (Lipinski definition) is 1. The maximum Gasteiger partial charge on any atom is 0.0452 e. The molecule has 70 valence electrons. The van der Waals surface area contributed by atoms with Gasteiger partial charge in [-0.2, -0.15) is 0 Å². The minimum atomic E-state index is 0.545. The molecule has 1 rings (SSSR count). The Hall–Kier alpha value is -0.310. The van der Waals surface area contributed by atoms with Gasteiger partial charge in [-0.1, -0.05) is 39.7 Å². The fourth-order valence-corrected chi connectivity index (χ4v) is 1.87. The Morgan fingerprint density at radius 3 is 2.85 bits per heavy atom. The van der Waals surface area contributed by atoms with E-state index in [1.165, 1.54) is 0 Å². The summed E-state index contributed by atoms with van der Waals surface area (Å²) in [5.74, 6) is 0. The molecule has 2 N–H and O–H groups in total. The molecule has 0 heterocycles. The fourth-order valence-electron chi connectivity index (χ4n) is 1.03. The van der Waals surface area contributed by atoms with Gasteiger partial charge in [-0.15, -0.1) is 0 Å². The summed E-state index contributed by atoms with van der Waals surface area (Å²) in [6, 6.07) is 3.91. The Labute approximate surface area is 91.7 Å². The van der Waals surface area contributed by atoms with Gasteiger partial charge < -0.3 is 5.73 Å². The third-order valence-electron chi connectivity index (χ3n) is 1.78. The standard InChI is InChI=1S/C10H11BrClN/c1-7-8(3-2-4-13)5-9(11)6-10(7)12/h2-3,5-6H,4,13H2,1H3/b3-2+. The Morgan fingerprint density at radius 1 is 1.54 bits per heavy atom. The zero-order chi connectivity index (χ0) is 9.84. The maximum absolute atomic E-state index is 6.00. The van der Waals surface area contributed by atoms with Crippen molar-refractivity contribution in [3.05, 3.63) is 38.8 Å². The second-order valence-corrected chi connectivity index (χ2v) is 4.06. The molecule has 13 heavy (non-hydrogen) atoms. The Balaban J connectivity index is 3.12. The molecule has 1 aromatic carbocycles. The van der Waals surface area contributed by atoms with Gasteiger partial charge in [-0.25, -0.2) is 0 Å². The van der Waals surface area contributed by atoms with E-state index in [1.54, 1.807) is 0 Å². The molecule has 0 aromatic heterocycles. The summed E-state index contributed by atoms with van der Waals surface area (Å²) in [5, 5.41) is 0.769. The average Bonchev–Trinajstić information content (AvgIpc) is 2.09. The molecule has 0 saturated heterocycles. The molecule has 0 radical (unpaired) electrons. The van der Waals surface area contributed by atoms with Gasteiger partial charge in [0, 0.05) is 16.0 Å². The van der Waals surface area contributed by atoms with Crippen LogP contribution < -0.4 is 5.73 Å². The van der Waals surface area contributed by atoms with Gasteiger partial charge in [0.05, 0.1) is 0 Å². The molecule has 1 aromatic rings. The number of nitrogens with two attached hydrogens (primary N) is 1. The van der Waals surface area contributed by atoms with Gasteiger partial charge in [0.2, 0.25) is 0 Å². The lowest BCUT2D eigenvalue weighted by molar-refractivity contribution is 1.26. The number of hydrogen-bond acceptors (Lipinski definition) is 1. The summed E-state index contributed by atoms with van der Waals surface area (Å²) in [5.41, 5.74) is 7.55. The van der Waals surface area contributed by atoms with Crippen LogP contribution in [0.1, 0.15) is 11.1 Å². The molecule has 0 aliphatic rings. The first kappa shape index (κ1) is 10.8. The molecule has 0 saturated carbocycles. The molecule has 0 aliphatic carbocycles. The third-order valence-corrected chi connectivity index (χ3v) is 2.63. The molecule has 3 heteroatoms. The highest BCUT2D eigenvalue weighted by molar-refractivity contribution is 9.10. The first-order valence-corrected chi connectivity index (χ1v) is 5.14. The van der Waals surface area contributed by atoms with Gasteiger partial charge in [0.1, 0.15) is 0 Å². The second-order valence-electron chi connectivity index (χ2n) is 2.74. The summed E-state index contributed by atoms with van der Waals surface area (Å²) in [4.78, 5) is 0. The van der Waals surface area contributed by atoms with E-state index in [9.17, 15) is 0 Å². The van der Waals surface area contributed by atoms with Crippen molar-refractivity contribution in [2.45, 2.75) is 6.92 Å². The fraction of sp³-hybridized carbons (Fsp3) is 0.200. The van der Waals surface area contributed by atoms with Crippen LogP contribution in [0.2, 0.25) is 5.02 Å². The lowest BCUT2D eigenvalue weighted by atomic mass is 10.1. The van der Waals surface area contributed by atoms with Gasteiger partial charge >= 0.3 is 0 Å². The zero-order valence-electron chi connectivity index (χ0n) is 7.35. The van der Waals surface area contributed by atoms with Crippen molar-refractivity contribution >= 4 is 33.6 Å². The van der Waals surface area contributed by atoms with Crippen molar-refractivity contribution in [1.29, 1.82) is 0 Å². The zero-order valence-corrected chi connectivity index (χ0v) is 9.69. The summed E-state index contributed by atoms with van der Waals surface area (Å²) in [6.07, 6.45) is 3.89. The van der Waals surface area contributed by atoms with Gasteiger partial charge in [-0.05, 0) is 30.2 Å². The lowest BCUT2D eigenvalue weighted by Gasteiger charge is -2.03. The van der Waals surface area contributed by atoms with E-state index in [1.807, 2.05) is 31.2 Å². The Morgan fingerprint density at radius 2 is 2.23 bits per heavy atom. The monoisotopic (exact) mass is 259 g/mol. The molecule has 0 aliphatic heterocycles. The quantitative estimate of drug-likeness (QED) is 0.867. The minimum Gasteiger partial charge on any atom is -0.327 e. The van der Waals surface area contributed by atoms with Crippen LogP contribution in [-0.4, -0.2) is 6.54 Å². The van der Waals surface area contributed by atoms with Crippen molar-refractivity contribution in [2.75, 3.05) is 6.54 Å². The predicted octanol–water partition coefficient (Wildman–Crippen LogP) is 3.38. The van der Waals surface area contributed by atoms with Gasteiger partial charge in [0.25, 0.3) is 0 Å². The van der Waals surface area contributed by atoms with Crippen LogP contribution in [0.4, 0.5) is 0 Å². The molecule has 0 bridgehead atoms. The first-order valence-electron chi connectivity index (χ1n) is 3.97. The highest BCUT2D eigenvalue weighted by Crippen LogP contribution is 2.25.